The van der Waals surface area contributed by atoms with Crippen LogP contribution < -0.4 is 0 Å². The highest BCUT2D eigenvalue weighted by Crippen LogP contribution is 2.22. The van der Waals surface area contributed by atoms with Gasteiger partial charge in [0.05, 0.1) is 17.0 Å². The van der Waals surface area contributed by atoms with Crippen molar-refractivity contribution in [1.82, 2.24) is 14.7 Å². The average molecular weight is 400 g/mol. The van der Waals surface area contributed by atoms with Gasteiger partial charge in [0, 0.05) is 13.1 Å². The van der Waals surface area contributed by atoms with Gasteiger partial charge in [-0.25, -0.2) is 4.79 Å². The van der Waals surface area contributed by atoms with E-state index < -0.39 is 10.9 Å². The van der Waals surface area contributed by atoms with Crippen LogP contribution in [0.2, 0.25) is 0 Å². The lowest BCUT2D eigenvalue weighted by Gasteiger charge is -2.26. The molecule has 0 atom stereocenters. The zero-order valence-electron chi connectivity index (χ0n) is 16.6. The Hall–Kier alpha value is -3.23. The van der Waals surface area contributed by atoms with E-state index in [9.17, 15) is 19.7 Å². The lowest BCUT2D eigenvalue weighted by atomic mass is 10.1. The standard InChI is InChI=1S/C20H24N4O5/c1-14-19(24(27)28)15(2)23(21-14)12-16-6-8-17(9-7-16)20(26)29-13-18(25)22-10-4-3-5-11-22/h6-9H,3-5,10-13H2,1-2H3. The number of hydrogen-bond acceptors (Lipinski definition) is 6. The first-order valence-corrected chi connectivity index (χ1v) is 9.59. The Morgan fingerprint density at radius 3 is 2.38 bits per heavy atom. The number of carbonyl (C=O) groups is 2. The minimum Gasteiger partial charge on any atom is -0.452 e. The van der Waals surface area contributed by atoms with E-state index in [1.807, 2.05) is 0 Å². The largest absolute Gasteiger partial charge is 0.452 e. The molecule has 0 bridgehead atoms. The molecule has 1 aromatic heterocycles. The Kier molecular flexibility index (Phi) is 6.26. The van der Waals surface area contributed by atoms with Crippen LogP contribution in [-0.2, 0) is 16.1 Å². The predicted molar refractivity (Wildman–Crippen MR) is 105 cm³/mol. The number of nitrogens with zero attached hydrogens (tertiary/aromatic N) is 4. The fourth-order valence-corrected chi connectivity index (χ4v) is 3.47. The lowest BCUT2D eigenvalue weighted by Crippen LogP contribution is -2.38. The minimum atomic E-state index is -0.552. The Morgan fingerprint density at radius 2 is 1.79 bits per heavy atom. The summed E-state index contributed by atoms with van der Waals surface area (Å²) >= 11 is 0. The third-order valence-electron chi connectivity index (χ3n) is 5.08. The number of likely N-dealkylation sites (tertiary alicyclic amines) is 1. The van der Waals surface area contributed by atoms with Crippen molar-refractivity contribution in [3.05, 3.63) is 56.9 Å². The summed E-state index contributed by atoms with van der Waals surface area (Å²) in [6.07, 6.45) is 3.10. The Labute approximate surface area is 168 Å². The second kappa shape index (κ2) is 8.85. The van der Waals surface area contributed by atoms with Crippen molar-refractivity contribution < 1.29 is 19.2 Å². The van der Waals surface area contributed by atoms with E-state index in [1.54, 1.807) is 47.7 Å². The van der Waals surface area contributed by atoms with Crippen LogP contribution in [0, 0.1) is 24.0 Å². The number of piperidine rings is 1. The van der Waals surface area contributed by atoms with Gasteiger partial charge in [0.25, 0.3) is 5.91 Å². The molecule has 0 saturated carbocycles. The summed E-state index contributed by atoms with van der Waals surface area (Å²) in [5, 5.41) is 15.3. The molecule has 1 aliphatic heterocycles. The van der Waals surface area contributed by atoms with E-state index in [2.05, 4.69) is 5.10 Å². The molecule has 0 spiro atoms. The molecule has 0 N–H and O–H groups in total. The van der Waals surface area contributed by atoms with E-state index in [0.717, 1.165) is 37.9 Å². The molecule has 1 fully saturated rings. The molecule has 2 aromatic rings. The van der Waals surface area contributed by atoms with Gasteiger partial charge in [0.15, 0.2) is 6.61 Å². The average Bonchev–Trinajstić information content (AvgIpc) is 3.00. The van der Waals surface area contributed by atoms with Crippen molar-refractivity contribution in [2.24, 2.45) is 0 Å². The van der Waals surface area contributed by atoms with Crippen LogP contribution in [0.5, 0.6) is 0 Å². The second-order valence-electron chi connectivity index (χ2n) is 7.15. The fourth-order valence-electron chi connectivity index (χ4n) is 3.47. The lowest BCUT2D eigenvalue weighted by molar-refractivity contribution is -0.386. The van der Waals surface area contributed by atoms with Gasteiger partial charge in [-0.1, -0.05) is 12.1 Å². The molecule has 1 aromatic carbocycles. The zero-order valence-corrected chi connectivity index (χ0v) is 16.6. The summed E-state index contributed by atoms with van der Waals surface area (Å²) < 4.78 is 6.71. The van der Waals surface area contributed by atoms with E-state index >= 15 is 0 Å². The summed E-state index contributed by atoms with van der Waals surface area (Å²) in [5.74, 6) is -0.718. The van der Waals surface area contributed by atoms with Gasteiger partial charge in [0.2, 0.25) is 0 Å². The number of nitro groups is 1. The van der Waals surface area contributed by atoms with E-state index in [4.69, 9.17) is 4.74 Å². The molecule has 0 radical (unpaired) electrons. The maximum absolute atomic E-state index is 12.2. The number of rotatable bonds is 6. The van der Waals surface area contributed by atoms with Crippen molar-refractivity contribution in [1.29, 1.82) is 0 Å². The molecule has 3 rings (SSSR count). The van der Waals surface area contributed by atoms with Gasteiger partial charge in [-0.05, 0) is 50.8 Å². The Balaban J connectivity index is 1.58. The quantitative estimate of drug-likeness (QED) is 0.419. The minimum absolute atomic E-state index is 0.0172. The number of benzene rings is 1. The van der Waals surface area contributed by atoms with Gasteiger partial charge in [-0.2, -0.15) is 5.10 Å². The molecule has 1 amide bonds. The highest BCUT2D eigenvalue weighted by Gasteiger charge is 2.22. The van der Waals surface area contributed by atoms with Crippen LogP contribution in [0.3, 0.4) is 0 Å². The van der Waals surface area contributed by atoms with Crippen LogP contribution in [0.1, 0.15) is 46.6 Å². The van der Waals surface area contributed by atoms with Gasteiger partial charge >= 0.3 is 11.7 Å². The molecular weight excluding hydrogens is 376 g/mol. The van der Waals surface area contributed by atoms with Crippen LogP contribution in [0.4, 0.5) is 5.69 Å². The molecule has 2 heterocycles. The third kappa shape index (κ3) is 4.79. The van der Waals surface area contributed by atoms with E-state index in [0.29, 0.717) is 23.5 Å². The molecule has 9 nitrogen and oxygen atoms in total. The molecule has 154 valence electrons. The highest BCUT2D eigenvalue weighted by molar-refractivity contribution is 5.91. The smallest absolute Gasteiger partial charge is 0.338 e. The highest BCUT2D eigenvalue weighted by atomic mass is 16.6. The van der Waals surface area contributed by atoms with Crippen LogP contribution in [-0.4, -0.2) is 51.2 Å². The number of carbonyl (C=O) groups excluding carboxylic acids is 2. The molecule has 1 aliphatic rings. The van der Waals surface area contributed by atoms with Crippen molar-refractivity contribution in [2.75, 3.05) is 19.7 Å². The summed E-state index contributed by atoms with van der Waals surface area (Å²) in [5.41, 5.74) is 2.05. The van der Waals surface area contributed by atoms with Gasteiger partial charge in [0.1, 0.15) is 11.4 Å². The first-order valence-electron chi connectivity index (χ1n) is 9.59. The zero-order chi connectivity index (χ0) is 21.0. The second-order valence-corrected chi connectivity index (χ2v) is 7.15. The first-order chi connectivity index (χ1) is 13.9. The van der Waals surface area contributed by atoms with Crippen molar-refractivity contribution >= 4 is 17.6 Å². The van der Waals surface area contributed by atoms with Crippen LogP contribution in [0.25, 0.3) is 0 Å². The predicted octanol–water partition coefficient (Wildman–Crippen LogP) is 2.63. The SMILES string of the molecule is Cc1nn(Cc2ccc(C(=O)OCC(=O)N3CCCCC3)cc2)c(C)c1[N+](=O)[O-]. The topological polar surface area (TPSA) is 108 Å². The summed E-state index contributed by atoms with van der Waals surface area (Å²) in [4.78, 5) is 36.7. The van der Waals surface area contributed by atoms with Gasteiger partial charge < -0.3 is 9.64 Å². The van der Waals surface area contributed by atoms with Crippen LogP contribution >= 0.6 is 0 Å². The fraction of sp³-hybridized carbons (Fsp3) is 0.450. The molecule has 0 aliphatic carbocycles. The number of aryl methyl sites for hydroxylation is 1. The Bertz CT molecular complexity index is 914. The van der Waals surface area contributed by atoms with Crippen molar-refractivity contribution in [3.8, 4) is 0 Å². The summed E-state index contributed by atoms with van der Waals surface area (Å²) in [7, 11) is 0. The van der Waals surface area contributed by atoms with E-state index in [1.165, 1.54) is 0 Å². The number of esters is 1. The number of aromatic nitrogens is 2. The third-order valence-corrected chi connectivity index (χ3v) is 5.08. The number of hydrogen-bond donors (Lipinski definition) is 0. The summed E-state index contributed by atoms with van der Waals surface area (Å²) in [6, 6.07) is 6.71. The molecule has 1 saturated heterocycles. The van der Waals surface area contributed by atoms with Gasteiger partial charge in [-0.15, -0.1) is 0 Å². The maximum Gasteiger partial charge on any atom is 0.338 e. The van der Waals surface area contributed by atoms with Gasteiger partial charge in [-0.3, -0.25) is 19.6 Å². The molecule has 0 unspecified atom stereocenters. The molecular formula is C20H24N4O5. The molecule has 29 heavy (non-hydrogen) atoms. The number of ether oxygens (including phenoxy) is 1. The monoisotopic (exact) mass is 400 g/mol. The van der Waals surface area contributed by atoms with Crippen molar-refractivity contribution in [3.63, 3.8) is 0 Å². The maximum atomic E-state index is 12.2. The summed E-state index contributed by atoms with van der Waals surface area (Å²) in [6.45, 7) is 4.79. The normalized spacial score (nSPS) is 13.9. The van der Waals surface area contributed by atoms with Crippen molar-refractivity contribution in [2.45, 2.75) is 39.7 Å². The van der Waals surface area contributed by atoms with Crippen LogP contribution in [0.15, 0.2) is 24.3 Å². The van der Waals surface area contributed by atoms with E-state index in [-0.39, 0.29) is 18.2 Å². The first kappa shape index (κ1) is 20.5. The molecule has 9 heteroatoms. The number of amides is 1. The Morgan fingerprint density at radius 1 is 1.14 bits per heavy atom.